The van der Waals surface area contributed by atoms with Crippen LogP contribution in [0.5, 0.6) is 0 Å². The minimum atomic E-state index is -0.864. The molecule has 0 saturated heterocycles. The molecule has 0 spiro atoms. The van der Waals surface area contributed by atoms with Crippen LogP contribution in [0.4, 0.5) is 14.5 Å². The van der Waals surface area contributed by atoms with Gasteiger partial charge >= 0.3 is 0 Å². The summed E-state index contributed by atoms with van der Waals surface area (Å²) >= 11 is 0. The highest BCUT2D eigenvalue weighted by Crippen LogP contribution is 2.17. The summed E-state index contributed by atoms with van der Waals surface area (Å²) in [5, 5.41) is 2.14. The van der Waals surface area contributed by atoms with Gasteiger partial charge in [0.25, 0.3) is 0 Å². The van der Waals surface area contributed by atoms with E-state index in [-0.39, 0.29) is 12.5 Å². The maximum absolute atomic E-state index is 13.4. The molecule has 0 bridgehead atoms. The van der Waals surface area contributed by atoms with Gasteiger partial charge in [-0.25, -0.2) is 8.78 Å². The fourth-order valence-corrected chi connectivity index (χ4v) is 1.72. The second-order valence-electron chi connectivity index (χ2n) is 4.43. The fraction of sp³-hybridized carbons (Fsp3) is 0.429. The van der Waals surface area contributed by atoms with Crippen LogP contribution in [0.2, 0.25) is 0 Å². The lowest BCUT2D eigenvalue weighted by molar-refractivity contribution is -0.132. The molecule has 0 radical (unpaired) electrons. The van der Waals surface area contributed by atoms with Gasteiger partial charge in [-0.05, 0) is 18.6 Å². The van der Waals surface area contributed by atoms with Gasteiger partial charge in [-0.15, -0.1) is 0 Å². The smallest absolute Gasteiger partial charge is 0.244 e. The number of hydrogen-bond donors (Lipinski definition) is 1. The molecule has 0 aliphatic carbocycles. The molecule has 0 atom stereocenters. The maximum Gasteiger partial charge on any atom is 0.244 e. The van der Waals surface area contributed by atoms with Crippen LogP contribution < -0.4 is 5.32 Å². The molecule has 7 heteroatoms. The molecular formula is C14H18F2N2O3. The van der Waals surface area contributed by atoms with E-state index < -0.39 is 23.2 Å². The lowest BCUT2D eigenvalue weighted by Gasteiger charge is -2.20. The van der Waals surface area contributed by atoms with E-state index in [0.29, 0.717) is 19.6 Å². The Balaban J connectivity index is 2.63. The van der Waals surface area contributed by atoms with Gasteiger partial charge in [0, 0.05) is 27.2 Å². The van der Waals surface area contributed by atoms with Gasteiger partial charge in [-0.2, -0.15) is 0 Å². The number of carbonyl (C=O) groups excluding carboxylic acids is 2. The lowest BCUT2D eigenvalue weighted by atomic mass is 10.3. The molecule has 0 aliphatic rings. The molecule has 0 aromatic heterocycles. The Hall–Kier alpha value is -2.02. The summed E-state index contributed by atoms with van der Waals surface area (Å²) in [7, 11) is 1.53. The SMILES string of the molecule is COCCCN(CC(=O)Nc1c(F)cccc1F)C(C)=O. The number of rotatable bonds is 7. The van der Waals surface area contributed by atoms with Gasteiger partial charge in [0.05, 0.1) is 6.54 Å². The Morgan fingerprint density at radius 1 is 1.29 bits per heavy atom. The molecule has 5 nitrogen and oxygen atoms in total. The number of nitrogens with one attached hydrogen (secondary N) is 1. The number of hydrogen-bond acceptors (Lipinski definition) is 3. The monoisotopic (exact) mass is 300 g/mol. The quantitative estimate of drug-likeness (QED) is 0.781. The fourth-order valence-electron chi connectivity index (χ4n) is 1.72. The molecule has 0 saturated carbocycles. The Morgan fingerprint density at radius 2 is 1.90 bits per heavy atom. The summed E-state index contributed by atoms with van der Waals surface area (Å²) in [6, 6.07) is 3.28. The number of halogens is 2. The topological polar surface area (TPSA) is 58.6 Å². The molecule has 116 valence electrons. The lowest BCUT2D eigenvalue weighted by Crippen LogP contribution is -2.37. The van der Waals surface area contributed by atoms with Crippen LogP contribution in [-0.2, 0) is 14.3 Å². The highest BCUT2D eigenvalue weighted by atomic mass is 19.1. The largest absolute Gasteiger partial charge is 0.385 e. The van der Waals surface area contributed by atoms with Crippen molar-refractivity contribution >= 4 is 17.5 Å². The Labute approximate surface area is 121 Å². The van der Waals surface area contributed by atoms with Gasteiger partial charge < -0.3 is 15.0 Å². The van der Waals surface area contributed by atoms with E-state index >= 15 is 0 Å². The Morgan fingerprint density at radius 3 is 2.43 bits per heavy atom. The van der Waals surface area contributed by atoms with Crippen molar-refractivity contribution in [3.63, 3.8) is 0 Å². The number of anilines is 1. The highest BCUT2D eigenvalue weighted by molar-refractivity contribution is 5.94. The van der Waals surface area contributed by atoms with Gasteiger partial charge in [-0.1, -0.05) is 6.07 Å². The normalized spacial score (nSPS) is 10.3. The summed E-state index contributed by atoms with van der Waals surface area (Å²) in [5.74, 6) is -2.68. The van der Waals surface area contributed by atoms with Crippen LogP contribution in [0.25, 0.3) is 0 Å². The number of nitrogens with zero attached hydrogens (tertiary/aromatic N) is 1. The highest BCUT2D eigenvalue weighted by Gasteiger charge is 2.16. The number of methoxy groups -OCH3 is 1. The molecular weight excluding hydrogens is 282 g/mol. The van der Waals surface area contributed by atoms with E-state index in [9.17, 15) is 18.4 Å². The number of carbonyl (C=O) groups is 2. The Bertz CT molecular complexity index is 489. The van der Waals surface area contributed by atoms with Crippen molar-refractivity contribution < 1.29 is 23.1 Å². The second kappa shape index (κ2) is 8.31. The van der Waals surface area contributed by atoms with Gasteiger partial charge in [0.2, 0.25) is 11.8 Å². The summed E-state index contributed by atoms with van der Waals surface area (Å²) in [4.78, 5) is 24.5. The zero-order valence-electron chi connectivity index (χ0n) is 12.0. The van der Waals surface area contributed by atoms with Gasteiger partial charge in [0.1, 0.15) is 17.3 Å². The predicted molar refractivity (Wildman–Crippen MR) is 73.7 cm³/mol. The number of benzene rings is 1. The first-order valence-electron chi connectivity index (χ1n) is 6.44. The van der Waals surface area contributed by atoms with E-state index in [1.54, 1.807) is 0 Å². The second-order valence-corrected chi connectivity index (χ2v) is 4.43. The third kappa shape index (κ3) is 5.47. The molecule has 0 fully saturated rings. The van der Waals surface area contributed by atoms with E-state index in [2.05, 4.69) is 5.32 Å². The zero-order chi connectivity index (χ0) is 15.8. The minimum absolute atomic E-state index is 0.271. The van der Waals surface area contributed by atoms with E-state index in [0.717, 1.165) is 12.1 Å². The first-order valence-corrected chi connectivity index (χ1v) is 6.44. The third-order valence-electron chi connectivity index (χ3n) is 2.78. The summed E-state index contributed by atoms with van der Waals surface area (Å²) in [6.45, 7) is 1.83. The van der Waals surface area contributed by atoms with Crippen molar-refractivity contribution in [2.24, 2.45) is 0 Å². The molecule has 0 aliphatic heterocycles. The van der Waals surface area contributed by atoms with Crippen molar-refractivity contribution in [1.29, 1.82) is 0 Å². The van der Waals surface area contributed by atoms with Crippen LogP contribution in [0.15, 0.2) is 18.2 Å². The van der Waals surface area contributed by atoms with Crippen LogP contribution in [0.3, 0.4) is 0 Å². The van der Waals surface area contributed by atoms with Crippen LogP contribution in [-0.4, -0.2) is 43.5 Å². The van der Waals surface area contributed by atoms with E-state index in [1.165, 1.54) is 25.0 Å². The van der Waals surface area contributed by atoms with Crippen molar-refractivity contribution in [2.75, 3.05) is 32.1 Å². The van der Waals surface area contributed by atoms with Crippen molar-refractivity contribution in [1.82, 2.24) is 4.90 Å². The molecule has 1 aromatic carbocycles. The first-order chi connectivity index (χ1) is 9.95. The average molecular weight is 300 g/mol. The molecule has 1 N–H and O–H groups in total. The molecule has 2 amide bonds. The van der Waals surface area contributed by atoms with E-state index in [4.69, 9.17) is 4.74 Å². The predicted octanol–water partition coefficient (Wildman–Crippen LogP) is 1.79. The third-order valence-corrected chi connectivity index (χ3v) is 2.78. The van der Waals surface area contributed by atoms with Gasteiger partial charge in [-0.3, -0.25) is 9.59 Å². The maximum atomic E-state index is 13.4. The number of para-hydroxylation sites is 1. The number of amides is 2. The van der Waals surface area contributed by atoms with Crippen LogP contribution >= 0.6 is 0 Å². The zero-order valence-corrected chi connectivity index (χ0v) is 12.0. The molecule has 1 rings (SSSR count). The molecule has 21 heavy (non-hydrogen) atoms. The van der Waals surface area contributed by atoms with Crippen molar-refractivity contribution in [3.05, 3.63) is 29.8 Å². The summed E-state index contributed by atoms with van der Waals surface area (Å²) in [5.41, 5.74) is -0.511. The van der Waals surface area contributed by atoms with Crippen LogP contribution in [0, 0.1) is 11.6 Å². The van der Waals surface area contributed by atoms with Gasteiger partial charge in [0.15, 0.2) is 0 Å². The summed E-state index contributed by atoms with van der Waals surface area (Å²) in [6.07, 6.45) is 0.567. The minimum Gasteiger partial charge on any atom is -0.385 e. The molecule has 1 aromatic rings. The summed E-state index contributed by atoms with van der Waals surface area (Å²) < 4.78 is 31.7. The van der Waals surface area contributed by atoms with Crippen molar-refractivity contribution in [3.8, 4) is 0 Å². The van der Waals surface area contributed by atoms with Crippen LogP contribution in [0.1, 0.15) is 13.3 Å². The van der Waals surface area contributed by atoms with E-state index in [1.807, 2.05) is 0 Å². The number of ether oxygens (including phenoxy) is 1. The first kappa shape index (κ1) is 17.0. The van der Waals surface area contributed by atoms with Crippen molar-refractivity contribution in [2.45, 2.75) is 13.3 Å². The standard InChI is InChI=1S/C14H18F2N2O3/c1-10(19)18(7-4-8-21-2)9-13(20)17-14-11(15)5-3-6-12(14)16/h3,5-6H,4,7-9H2,1-2H3,(H,17,20). The molecule has 0 heterocycles. The Kier molecular flexibility index (Phi) is 6.74. The average Bonchev–Trinajstić information content (AvgIpc) is 2.42. The molecule has 0 unspecified atom stereocenters.